The Morgan fingerprint density at radius 3 is 2.44 bits per heavy atom. The van der Waals surface area contributed by atoms with Crippen molar-refractivity contribution in [3.63, 3.8) is 0 Å². The zero-order chi connectivity index (χ0) is 22.9. The lowest BCUT2D eigenvalue weighted by molar-refractivity contribution is -0.130. The number of hydrogen-bond acceptors (Lipinski definition) is 4. The van der Waals surface area contributed by atoms with E-state index in [0.29, 0.717) is 11.8 Å². The van der Waals surface area contributed by atoms with E-state index >= 15 is 0 Å². The van der Waals surface area contributed by atoms with Crippen molar-refractivity contribution in [2.24, 2.45) is 11.8 Å². The molecule has 1 saturated carbocycles. The van der Waals surface area contributed by atoms with Crippen LogP contribution in [0.15, 0.2) is 30.3 Å². The second-order valence-electron chi connectivity index (χ2n) is 9.83. The summed E-state index contributed by atoms with van der Waals surface area (Å²) >= 11 is 0. The summed E-state index contributed by atoms with van der Waals surface area (Å²) in [4.78, 5) is 30.2. The van der Waals surface area contributed by atoms with Crippen molar-refractivity contribution in [3.8, 4) is 6.07 Å². The summed E-state index contributed by atoms with van der Waals surface area (Å²) in [6.45, 7) is 1.56. The molecule has 1 aromatic carbocycles. The number of amides is 3. The highest BCUT2D eigenvalue weighted by Gasteiger charge is 2.50. The molecule has 0 radical (unpaired) electrons. The highest BCUT2D eigenvalue weighted by atomic mass is 19.1. The van der Waals surface area contributed by atoms with Crippen LogP contribution in [0.5, 0.6) is 0 Å². The number of halogens is 1. The van der Waals surface area contributed by atoms with Crippen LogP contribution in [-0.2, 0) is 11.2 Å². The number of carbonyl (C=O) groups excluding carboxylic acids is 2. The van der Waals surface area contributed by atoms with Gasteiger partial charge in [-0.05, 0) is 36.7 Å². The lowest BCUT2D eigenvalue weighted by Gasteiger charge is -2.34. The van der Waals surface area contributed by atoms with Crippen molar-refractivity contribution in [1.29, 1.82) is 5.26 Å². The van der Waals surface area contributed by atoms with Gasteiger partial charge in [-0.25, -0.2) is 9.18 Å². The number of alkyl halides is 1. The first-order valence-electron chi connectivity index (χ1n) is 11.4. The number of carbonyl (C=O) groups is 2. The van der Waals surface area contributed by atoms with Gasteiger partial charge in [-0.15, -0.1) is 0 Å². The standard InChI is InChI=1S/C24H32FN5O2/c1-28(2)23(32)29-14-18-10-24(11-19(18)15-29,9-17-6-4-3-5-7-17)27-13-22(31)30-16-20(25)8-21(30)12-26/h3-7,18-21,27H,8-11,13-16H2,1-2H3/t18-,19?,20+,21?,24-/m1/s1. The molecule has 32 heavy (non-hydrogen) atoms. The number of hydrogen-bond donors (Lipinski definition) is 1. The molecule has 3 fully saturated rings. The van der Waals surface area contributed by atoms with Gasteiger partial charge in [0.05, 0.1) is 19.2 Å². The number of urea groups is 1. The Kier molecular flexibility index (Phi) is 6.38. The van der Waals surface area contributed by atoms with Crippen LogP contribution in [0.4, 0.5) is 9.18 Å². The smallest absolute Gasteiger partial charge is 0.319 e. The molecule has 2 heterocycles. The molecule has 2 unspecified atom stereocenters. The van der Waals surface area contributed by atoms with E-state index < -0.39 is 12.2 Å². The third-order valence-electron chi connectivity index (χ3n) is 7.25. The monoisotopic (exact) mass is 441 g/mol. The van der Waals surface area contributed by atoms with Crippen LogP contribution < -0.4 is 5.32 Å². The van der Waals surface area contributed by atoms with E-state index in [1.807, 2.05) is 23.1 Å². The van der Waals surface area contributed by atoms with Gasteiger partial charge in [0, 0.05) is 39.1 Å². The zero-order valence-electron chi connectivity index (χ0n) is 18.8. The van der Waals surface area contributed by atoms with Crippen molar-refractivity contribution >= 4 is 11.9 Å². The van der Waals surface area contributed by atoms with Crippen molar-refractivity contribution in [3.05, 3.63) is 35.9 Å². The molecule has 2 saturated heterocycles. The molecule has 1 N–H and O–H groups in total. The fraction of sp³-hybridized carbons (Fsp3) is 0.625. The molecule has 3 amide bonds. The van der Waals surface area contributed by atoms with Crippen LogP contribution in [0.1, 0.15) is 24.8 Å². The summed E-state index contributed by atoms with van der Waals surface area (Å²) in [5.41, 5.74) is 0.949. The van der Waals surface area contributed by atoms with Gasteiger partial charge in [-0.3, -0.25) is 4.79 Å². The molecule has 1 aliphatic carbocycles. The van der Waals surface area contributed by atoms with Gasteiger partial charge >= 0.3 is 6.03 Å². The number of likely N-dealkylation sites (tertiary alicyclic amines) is 2. The minimum atomic E-state index is -1.13. The van der Waals surface area contributed by atoms with Gasteiger partial charge in [0.2, 0.25) is 5.91 Å². The van der Waals surface area contributed by atoms with E-state index in [-0.39, 0.29) is 37.0 Å². The Balaban J connectivity index is 1.46. The second kappa shape index (κ2) is 9.07. The van der Waals surface area contributed by atoms with Gasteiger partial charge in [0.25, 0.3) is 0 Å². The van der Waals surface area contributed by atoms with Crippen LogP contribution in [0.25, 0.3) is 0 Å². The van der Waals surface area contributed by atoms with E-state index in [4.69, 9.17) is 0 Å². The predicted octanol–water partition coefficient (Wildman–Crippen LogP) is 2.04. The molecular formula is C24H32FN5O2. The molecular weight excluding hydrogens is 409 g/mol. The Morgan fingerprint density at radius 2 is 1.84 bits per heavy atom. The van der Waals surface area contributed by atoms with Crippen molar-refractivity contribution < 1.29 is 14.0 Å². The number of rotatable bonds is 5. The highest BCUT2D eigenvalue weighted by Crippen LogP contribution is 2.45. The summed E-state index contributed by atoms with van der Waals surface area (Å²) in [6.07, 6.45) is 1.52. The molecule has 0 spiro atoms. The number of fused-ring (bicyclic) bond motifs is 1. The second-order valence-corrected chi connectivity index (χ2v) is 9.83. The number of benzene rings is 1. The van der Waals surface area contributed by atoms with E-state index in [1.54, 1.807) is 19.0 Å². The molecule has 172 valence electrons. The topological polar surface area (TPSA) is 79.7 Å². The molecule has 0 bridgehead atoms. The molecule has 2 aliphatic heterocycles. The maximum absolute atomic E-state index is 13.8. The zero-order valence-corrected chi connectivity index (χ0v) is 18.8. The summed E-state index contributed by atoms with van der Waals surface area (Å²) in [6, 6.07) is 11.6. The Labute approximate surface area is 189 Å². The third kappa shape index (κ3) is 4.58. The van der Waals surface area contributed by atoms with Crippen molar-refractivity contribution in [2.45, 2.75) is 43.4 Å². The normalized spacial score (nSPS) is 31.4. The largest absolute Gasteiger partial charge is 0.331 e. The minimum Gasteiger partial charge on any atom is -0.331 e. The fourth-order valence-corrected chi connectivity index (χ4v) is 5.81. The Bertz CT molecular complexity index is 872. The highest BCUT2D eigenvalue weighted by molar-refractivity contribution is 5.79. The van der Waals surface area contributed by atoms with Gasteiger partial charge in [0.15, 0.2) is 0 Å². The van der Waals surface area contributed by atoms with Crippen LogP contribution in [0, 0.1) is 23.2 Å². The molecule has 4 rings (SSSR count). The van der Waals surface area contributed by atoms with Crippen molar-refractivity contribution in [2.75, 3.05) is 40.3 Å². The number of nitrogens with zero attached hydrogens (tertiary/aromatic N) is 4. The fourth-order valence-electron chi connectivity index (χ4n) is 5.81. The van der Waals surface area contributed by atoms with Crippen molar-refractivity contribution in [1.82, 2.24) is 20.0 Å². The maximum atomic E-state index is 13.8. The van der Waals surface area contributed by atoms with E-state index in [2.05, 4.69) is 23.5 Å². The minimum absolute atomic E-state index is 0.00270. The summed E-state index contributed by atoms with van der Waals surface area (Å²) in [7, 11) is 3.55. The summed E-state index contributed by atoms with van der Waals surface area (Å²) in [5, 5.41) is 12.8. The third-order valence-corrected chi connectivity index (χ3v) is 7.25. The Morgan fingerprint density at radius 1 is 1.19 bits per heavy atom. The molecule has 5 atom stereocenters. The van der Waals surface area contributed by atoms with Gasteiger partial charge < -0.3 is 20.0 Å². The predicted molar refractivity (Wildman–Crippen MR) is 118 cm³/mol. The van der Waals surface area contributed by atoms with Crippen LogP contribution in [-0.4, -0.2) is 84.7 Å². The summed E-state index contributed by atoms with van der Waals surface area (Å²) in [5.74, 6) is 0.559. The van der Waals surface area contributed by atoms with E-state index in [0.717, 1.165) is 32.4 Å². The molecule has 0 aromatic heterocycles. The number of nitrogens with one attached hydrogen (secondary N) is 1. The lowest BCUT2D eigenvalue weighted by atomic mass is 9.87. The maximum Gasteiger partial charge on any atom is 0.319 e. The first kappa shape index (κ1) is 22.5. The first-order chi connectivity index (χ1) is 15.3. The lowest BCUT2D eigenvalue weighted by Crippen LogP contribution is -2.51. The van der Waals surface area contributed by atoms with Gasteiger partial charge in [-0.2, -0.15) is 5.26 Å². The average molecular weight is 442 g/mol. The summed E-state index contributed by atoms with van der Waals surface area (Å²) < 4.78 is 13.8. The number of nitriles is 1. The van der Waals surface area contributed by atoms with Crippen LogP contribution >= 0.6 is 0 Å². The molecule has 3 aliphatic rings. The average Bonchev–Trinajstić information content (AvgIpc) is 3.43. The SMILES string of the molecule is CN(C)C(=O)N1CC2C[C@](Cc3ccccc3)(NCC(=O)N3C[C@@H](F)CC3C#N)C[C@@H]2C1. The van der Waals surface area contributed by atoms with Gasteiger partial charge in [-0.1, -0.05) is 30.3 Å². The van der Waals surface area contributed by atoms with Crippen LogP contribution in [0.3, 0.4) is 0 Å². The molecule has 7 nitrogen and oxygen atoms in total. The van der Waals surface area contributed by atoms with E-state index in [9.17, 15) is 19.2 Å². The van der Waals surface area contributed by atoms with E-state index in [1.165, 1.54) is 10.5 Å². The quantitative estimate of drug-likeness (QED) is 0.759. The van der Waals surface area contributed by atoms with Crippen LogP contribution in [0.2, 0.25) is 0 Å². The molecule has 8 heteroatoms. The van der Waals surface area contributed by atoms with Gasteiger partial charge in [0.1, 0.15) is 12.2 Å². The Hall–Kier alpha value is -2.66. The first-order valence-corrected chi connectivity index (χ1v) is 11.4. The molecule has 1 aromatic rings.